The lowest BCUT2D eigenvalue weighted by molar-refractivity contribution is -0.0874. The topological polar surface area (TPSA) is 112 Å². The van der Waals surface area contributed by atoms with E-state index in [-0.39, 0.29) is 40.9 Å². The molecule has 12 heteroatoms. The molecule has 1 saturated heterocycles. The van der Waals surface area contributed by atoms with Crippen LogP contribution in [-0.4, -0.2) is 46.2 Å². The maximum absolute atomic E-state index is 15.0. The fourth-order valence-electron chi connectivity index (χ4n) is 3.85. The van der Waals surface area contributed by atoms with Crippen LogP contribution in [0.5, 0.6) is 0 Å². The molecule has 170 valence electrons. The molecule has 0 radical (unpaired) electrons. The number of aromatic nitrogens is 2. The van der Waals surface area contributed by atoms with E-state index in [9.17, 15) is 18.0 Å². The van der Waals surface area contributed by atoms with Gasteiger partial charge in [-0.3, -0.25) is 14.8 Å². The zero-order valence-electron chi connectivity index (χ0n) is 16.7. The quantitative estimate of drug-likeness (QED) is 0.628. The summed E-state index contributed by atoms with van der Waals surface area (Å²) in [5.41, 5.74) is 6.67. The van der Waals surface area contributed by atoms with Gasteiger partial charge in [0.15, 0.2) is 5.17 Å². The van der Waals surface area contributed by atoms with E-state index in [1.807, 2.05) is 5.48 Å². The Morgan fingerprint density at radius 3 is 3.03 bits per heavy atom. The van der Waals surface area contributed by atoms with Crippen molar-refractivity contribution in [1.82, 2.24) is 15.4 Å². The lowest BCUT2D eigenvalue weighted by Gasteiger charge is -2.46. The second-order valence-corrected chi connectivity index (χ2v) is 8.43. The molecule has 3 N–H and O–H groups in total. The summed E-state index contributed by atoms with van der Waals surface area (Å²) >= 11 is 1.31. The molecule has 4 rings (SSSR count). The molecular weight excluding hydrogens is 447 g/mol. The van der Waals surface area contributed by atoms with Crippen molar-refractivity contribution in [3.8, 4) is 0 Å². The summed E-state index contributed by atoms with van der Waals surface area (Å²) in [6.07, 6.45) is 1.05. The second-order valence-electron chi connectivity index (χ2n) is 7.39. The molecule has 4 atom stereocenters. The minimum Gasteiger partial charge on any atom is -0.379 e. The molecule has 1 fully saturated rings. The average molecular weight is 467 g/mol. The van der Waals surface area contributed by atoms with Crippen molar-refractivity contribution in [3.63, 3.8) is 0 Å². The molecule has 2 unspecified atom stereocenters. The molecule has 1 aromatic heterocycles. The smallest absolute Gasteiger partial charge is 0.295 e. The van der Waals surface area contributed by atoms with E-state index in [0.717, 1.165) is 6.07 Å². The van der Waals surface area contributed by atoms with Crippen LogP contribution in [0.1, 0.15) is 34.4 Å². The SMILES string of the molecule is NC1=N[C@@]2(c3cc(C(F)ONC(=O)c4cnccn4)ccc3F)CC(CF)OC[C@H]2CS1. The number of hydroxylamine groups is 1. The third kappa shape index (κ3) is 4.43. The lowest BCUT2D eigenvalue weighted by atomic mass is 9.73. The Morgan fingerprint density at radius 2 is 2.28 bits per heavy atom. The van der Waals surface area contributed by atoms with Gasteiger partial charge in [-0.2, -0.15) is 0 Å². The molecule has 1 amide bonds. The molecule has 0 spiro atoms. The van der Waals surface area contributed by atoms with Gasteiger partial charge in [0.05, 0.1) is 24.4 Å². The third-order valence-corrected chi connectivity index (χ3v) is 6.39. The number of nitrogens with two attached hydrogens (primary N) is 1. The van der Waals surface area contributed by atoms with Crippen LogP contribution in [0.25, 0.3) is 0 Å². The number of ether oxygens (including phenoxy) is 1. The maximum atomic E-state index is 15.0. The number of alkyl halides is 2. The Labute approximate surface area is 185 Å². The molecule has 8 nitrogen and oxygen atoms in total. The first-order valence-electron chi connectivity index (χ1n) is 9.74. The summed E-state index contributed by atoms with van der Waals surface area (Å²) in [6.45, 7) is -0.590. The fourth-order valence-corrected chi connectivity index (χ4v) is 4.82. The Kier molecular flexibility index (Phi) is 6.63. The largest absolute Gasteiger partial charge is 0.379 e. The number of benzene rings is 1. The number of hydrogen-bond acceptors (Lipinski definition) is 8. The lowest BCUT2D eigenvalue weighted by Crippen LogP contribution is -2.50. The number of amidine groups is 1. The number of nitrogens with zero attached hydrogens (tertiary/aromatic N) is 3. The molecule has 0 aliphatic carbocycles. The van der Waals surface area contributed by atoms with Crippen LogP contribution in [0.3, 0.4) is 0 Å². The predicted molar refractivity (Wildman–Crippen MR) is 110 cm³/mol. The summed E-state index contributed by atoms with van der Waals surface area (Å²) in [6, 6.07) is 3.55. The number of carbonyl (C=O) groups excluding carboxylic acids is 1. The predicted octanol–water partition coefficient (Wildman–Crippen LogP) is 2.58. The number of nitrogens with one attached hydrogen (secondary N) is 1. The van der Waals surface area contributed by atoms with Crippen molar-refractivity contribution in [2.75, 3.05) is 19.0 Å². The van der Waals surface area contributed by atoms with Crippen LogP contribution >= 0.6 is 11.8 Å². The van der Waals surface area contributed by atoms with Gasteiger partial charge < -0.3 is 10.5 Å². The van der Waals surface area contributed by atoms with E-state index in [4.69, 9.17) is 15.3 Å². The number of carbonyl (C=O) groups is 1. The highest BCUT2D eigenvalue weighted by Gasteiger charge is 2.49. The van der Waals surface area contributed by atoms with E-state index >= 15 is 0 Å². The number of fused-ring (bicyclic) bond motifs is 1. The molecule has 2 aliphatic rings. The second kappa shape index (κ2) is 9.43. The Bertz CT molecular complexity index is 1020. The summed E-state index contributed by atoms with van der Waals surface area (Å²) in [5, 5.41) is 0.245. The molecule has 2 aromatic rings. The highest BCUT2D eigenvalue weighted by molar-refractivity contribution is 8.13. The van der Waals surface area contributed by atoms with Gasteiger partial charge in [-0.1, -0.05) is 17.8 Å². The first kappa shape index (κ1) is 22.5. The zero-order valence-corrected chi connectivity index (χ0v) is 17.5. The normalized spacial score (nSPS) is 26.0. The van der Waals surface area contributed by atoms with Gasteiger partial charge in [0.25, 0.3) is 5.91 Å². The van der Waals surface area contributed by atoms with Gasteiger partial charge >= 0.3 is 0 Å². The minimum atomic E-state index is -2.11. The van der Waals surface area contributed by atoms with Crippen LogP contribution in [0, 0.1) is 11.7 Å². The van der Waals surface area contributed by atoms with Crippen molar-refractivity contribution in [3.05, 3.63) is 59.4 Å². The highest BCUT2D eigenvalue weighted by atomic mass is 32.2. The number of thioether (sulfide) groups is 1. The van der Waals surface area contributed by atoms with Crippen molar-refractivity contribution in [2.24, 2.45) is 16.6 Å². The van der Waals surface area contributed by atoms with E-state index in [1.165, 1.54) is 42.5 Å². The van der Waals surface area contributed by atoms with Gasteiger partial charge in [-0.05, 0) is 12.1 Å². The molecule has 32 heavy (non-hydrogen) atoms. The van der Waals surface area contributed by atoms with Crippen LogP contribution < -0.4 is 11.2 Å². The van der Waals surface area contributed by atoms with Crippen molar-refractivity contribution < 1.29 is 27.5 Å². The standard InChI is InChI=1S/C20H20F3N5O3S/c21-7-13-6-20(12(9-30-13)10-32-19(24)27-20)14-5-11(1-2-15(14)22)17(23)31-28-18(29)16-8-25-3-4-26-16/h1-5,8,12-13,17H,6-7,9-10H2,(H2,24,27)(H,28,29)/t12-,13?,17?,20-/m0/s1. The third-order valence-electron chi connectivity index (χ3n) is 5.43. The Morgan fingerprint density at radius 1 is 1.44 bits per heavy atom. The Balaban J connectivity index is 1.60. The summed E-state index contributed by atoms with van der Waals surface area (Å²) in [4.78, 5) is 28.8. The maximum Gasteiger partial charge on any atom is 0.295 e. The molecular formula is C20H20F3N5O3S. The van der Waals surface area contributed by atoms with E-state index < -0.39 is 36.4 Å². The molecule has 1 aromatic carbocycles. The van der Waals surface area contributed by atoms with Gasteiger partial charge in [-0.15, -0.1) is 0 Å². The fraction of sp³-hybridized carbons (Fsp3) is 0.400. The van der Waals surface area contributed by atoms with Gasteiger partial charge in [0, 0.05) is 41.6 Å². The number of aliphatic imine (C=N–C) groups is 1. The van der Waals surface area contributed by atoms with E-state index in [2.05, 4.69) is 15.0 Å². The first-order chi connectivity index (χ1) is 15.4. The monoisotopic (exact) mass is 467 g/mol. The minimum absolute atomic E-state index is 0.0516. The summed E-state index contributed by atoms with van der Waals surface area (Å²) in [7, 11) is 0. The van der Waals surface area contributed by atoms with Crippen molar-refractivity contribution in [2.45, 2.75) is 24.4 Å². The van der Waals surface area contributed by atoms with Crippen molar-refractivity contribution in [1.29, 1.82) is 0 Å². The number of rotatable bonds is 6. The number of amides is 1. The summed E-state index contributed by atoms with van der Waals surface area (Å²) < 4.78 is 48.7. The zero-order chi connectivity index (χ0) is 22.7. The van der Waals surface area contributed by atoms with Crippen LogP contribution in [0.4, 0.5) is 13.2 Å². The molecule has 0 saturated carbocycles. The number of hydrogen-bond donors (Lipinski definition) is 2. The van der Waals surface area contributed by atoms with Crippen LogP contribution in [-0.2, 0) is 15.1 Å². The van der Waals surface area contributed by atoms with Gasteiger partial charge in [-0.25, -0.2) is 28.5 Å². The highest BCUT2D eigenvalue weighted by Crippen LogP contribution is 2.48. The van der Waals surface area contributed by atoms with Crippen molar-refractivity contribution >= 4 is 22.8 Å². The van der Waals surface area contributed by atoms with Gasteiger partial charge in [0.1, 0.15) is 18.2 Å². The average Bonchev–Trinajstić information content (AvgIpc) is 2.82. The molecule has 3 heterocycles. The summed E-state index contributed by atoms with van der Waals surface area (Å²) in [5.74, 6) is -1.19. The Hall–Kier alpha value is -2.70. The van der Waals surface area contributed by atoms with Crippen LogP contribution in [0.2, 0.25) is 0 Å². The molecule has 0 bridgehead atoms. The number of halogens is 3. The van der Waals surface area contributed by atoms with Crippen LogP contribution in [0.15, 0.2) is 41.8 Å². The van der Waals surface area contributed by atoms with Gasteiger partial charge in [0.2, 0.25) is 6.36 Å². The van der Waals surface area contributed by atoms with E-state index in [1.54, 1.807) is 0 Å². The molecule has 2 aliphatic heterocycles. The first-order valence-corrected chi connectivity index (χ1v) is 10.7. The van der Waals surface area contributed by atoms with E-state index in [0.29, 0.717) is 5.75 Å².